The molecule has 0 radical (unpaired) electrons. The lowest BCUT2D eigenvalue weighted by Gasteiger charge is -2.51. The van der Waals surface area contributed by atoms with E-state index in [1.54, 1.807) is 27.2 Å². The van der Waals surface area contributed by atoms with E-state index in [9.17, 15) is 14.4 Å². The Morgan fingerprint density at radius 3 is 2.68 bits per heavy atom. The second-order valence-electron chi connectivity index (χ2n) is 12.4. The minimum atomic E-state index is -0.0210. The summed E-state index contributed by atoms with van der Waals surface area (Å²) in [5, 5.41) is 3.06. The molecule has 1 N–H and O–H groups in total. The van der Waals surface area contributed by atoms with E-state index < -0.39 is 0 Å². The molecule has 3 aliphatic heterocycles. The van der Waals surface area contributed by atoms with Crippen LogP contribution in [0.15, 0.2) is 34.7 Å². The molecule has 4 heterocycles. The Morgan fingerprint density at radius 1 is 1.00 bits per heavy atom. The van der Waals surface area contributed by atoms with Crippen LogP contribution in [0.1, 0.15) is 65.9 Å². The Bertz CT molecular complexity index is 1550. The van der Waals surface area contributed by atoms with Gasteiger partial charge in [0.2, 0.25) is 11.8 Å². The molecule has 3 aliphatic rings. The van der Waals surface area contributed by atoms with Gasteiger partial charge in [-0.15, -0.1) is 0 Å². The molecule has 1 aromatic heterocycles. The molecule has 2 aromatic carbocycles. The van der Waals surface area contributed by atoms with Gasteiger partial charge in [-0.05, 0) is 85.8 Å². The van der Waals surface area contributed by atoms with Gasteiger partial charge in [0.05, 0.1) is 14.2 Å². The predicted octanol–water partition coefficient (Wildman–Crippen LogP) is 4.31. The predicted molar refractivity (Wildman–Crippen MR) is 165 cm³/mol. The van der Waals surface area contributed by atoms with Gasteiger partial charge in [0, 0.05) is 57.5 Å². The summed E-state index contributed by atoms with van der Waals surface area (Å²) in [6.07, 6.45) is 5.34. The number of carbonyl (C=O) groups is 3. The van der Waals surface area contributed by atoms with Crippen LogP contribution in [-0.2, 0) is 22.4 Å². The summed E-state index contributed by atoms with van der Waals surface area (Å²) in [6, 6.07) is 9.48. The maximum absolute atomic E-state index is 13.9. The molecular weight excluding hydrogens is 560 g/mol. The Morgan fingerprint density at radius 2 is 1.86 bits per heavy atom. The fraction of sp³-hybridized carbons (Fsp3) is 0.529. The number of likely N-dealkylation sites (tertiary alicyclic amines) is 1. The highest BCUT2D eigenvalue weighted by atomic mass is 16.5. The second-order valence-corrected chi connectivity index (χ2v) is 12.4. The molecule has 44 heavy (non-hydrogen) atoms. The number of benzene rings is 2. The highest BCUT2D eigenvalue weighted by Crippen LogP contribution is 2.38. The van der Waals surface area contributed by atoms with Crippen molar-refractivity contribution < 1.29 is 28.3 Å². The maximum atomic E-state index is 13.9. The molecule has 2 saturated heterocycles. The Balaban J connectivity index is 1.22. The van der Waals surface area contributed by atoms with E-state index in [0.29, 0.717) is 80.4 Å². The van der Waals surface area contributed by atoms with Gasteiger partial charge in [0.15, 0.2) is 23.0 Å². The highest BCUT2D eigenvalue weighted by molar-refractivity contribution is 5.97. The zero-order valence-corrected chi connectivity index (χ0v) is 25.9. The lowest BCUT2D eigenvalue weighted by Crippen LogP contribution is -2.60. The molecule has 0 saturated carbocycles. The molecule has 0 spiro atoms. The fourth-order valence-electron chi connectivity index (χ4n) is 7.42. The van der Waals surface area contributed by atoms with Crippen LogP contribution in [0.4, 0.5) is 0 Å². The normalized spacial score (nSPS) is 23.2. The smallest absolute Gasteiger partial charge is 0.254 e. The first-order valence-corrected chi connectivity index (χ1v) is 15.8. The molecule has 10 heteroatoms. The third kappa shape index (κ3) is 6.25. The number of nitrogens with one attached hydrogen (secondary N) is 1. The minimum absolute atomic E-state index is 0.0181. The van der Waals surface area contributed by atoms with Crippen molar-refractivity contribution in [3.05, 3.63) is 52.9 Å². The third-order valence-corrected chi connectivity index (χ3v) is 9.41. The van der Waals surface area contributed by atoms with Crippen molar-refractivity contribution in [2.75, 3.05) is 40.4 Å². The monoisotopic (exact) mass is 602 g/mol. The average molecular weight is 603 g/mol. The molecule has 6 rings (SSSR count). The quantitative estimate of drug-likeness (QED) is 0.475. The molecule has 0 aliphatic carbocycles. The number of oxazole rings is 1. The van der Waals surface area contributed by atoms with Gasteiger partial charge in [-0.25, -0.2) is 4.98 Å². The van der Waals surface area contributed by atoms with Gasteiger partial charge < -0.3 is 29.0 Å². The average Bonchev–Trinajstić information content (AvgIpc) is 3.40. The molecular formula is C34H42N4O6. The standard InChI is InChI=1S/C34H42N4O6/c1-21-36-27-11-10-25(17-29(27)44-21)34(41)37-18-23-15-26(20-37)28-7-4-8-31(39)35-13-5-6-24-14-22(9-12-32(40)38(28)19-23)16-30(42-2)33(24)43-3/h10-11,14,16-17,23,26,28H,4-9,12-13,15,18-20H2,1-3H3,(H,35,39)/t23-,26+,28-/m0/s1. The van der Waals surface area contributed by atoms with Crippen LogP contribution in [0.3, 0.4) is 0 Å². The van der Waals surface area contributed by atoms with Gasteiger partial charge >= 0.3 is 0 Å². The molecule has 10 nitrogen and oxygen atoms in total. The number of hydrogen-bond donors (Lipinski definition) is 1. The molecule has 234 valence electrons. The number of nitrogens with zero attached hydrogens (tertiary/aromatic N) is 3. The van der Waals surface area contributed by atoms with Crippen molar-refractivity contribution in [2.45, 2.75) is 64.3 Å². The van der Waals surface area contributed by atoms with Gasteiger partial charge in [-0.2, -0.15) is 0 Å². The fourth-order valence-corrected chi connectivity index (χ4v) is 7.42. The second kappa shape index (κ2) is 12.9. The van der Waals surface area contributed by atoms with E-state index in [-0.39, 0.29) is 35.6 Å². The summed E-state index contributed by atoms with van der Waals surface area (Å²) in [5.41, 5.74) is 3.99. The first-order valence-electron chi connectivity index (χ1n) is 15.8. The summed E-state index contributed by atoms with van der Waals surface area (Å²) in [7, 11) is 3.26. The number of rotatable bonds is 3. The van der Waals surface area contributed by atoms with Crippen molar-refractivity contribution >= 4 is 28.8 Å². The summed E-state index contributed by atoms with van der Waals surface area (Å²) in [6.45, 7) is 4.20. The van der Waals surface area contributed by atoms with Gasteiger partial charge in [0.25, 0.3) is 5.91 Å². The minimum Gasteiger partial charge on any atom is -0.493 e. The number of carbonyl (C=O) groups excluding carboxylic acids is 3. The number of aryl methyl sites for hydroxylation is 3. The number of aromatic nitrogens is 1. The number of hydrogen-bond acceptors (Lipinski definition) is 7. The van der Waals surface area contributed by atoms with Crippen LogP contribution >= 0.6 is 0 Å². The van der Waals surface area contributed by atoms with Crippen LogP contribution < -0.4 is 14.8 Å². The van der Waals surface area contributed by atoms with Crippen molar-refractivity contribution in [1.29, 1.82) is 0 Å². The molecule has 0 unspecified atom stereocenters. The first-order chi connectivity index (χ1) is 21.3. The van der Waals surface area contributed by atoms with Gasteiger partial charge in [0.1, 0.15) is 5.52 Å². The Hall–Kier alpha value is -4.08. The van der Waals surface area contributed by atoms with E-state index in [0.717, 1.165) is 42.3 Å². The zero-order chi connectivity index (χ0) is 30.8. The van der Waals surface area contributed by atoms with Crippen LogP contribution in [-0.4, -0.2) is 78.9 Å². The number of piperidine rings is 2. The SMILES string of the molecule is COc1cc2cc(c1OC)CCCNC(=O)CCC[C@H]1[C@@H]3C[C@@H](CN(C(=O)c4ccc5nc(C)oc5c4)C3)CN1C(=O)CC2. The summed E-state index contributed by atoms with van der Waals surface area (Å²) in [4.78, 5) is 48.6. The number of methoxy groups -OCH3 is 2. The number of ether oxygens (including phenoxy) is 2. The van der Waals surface area contributed by atoms with E-state index >= 15 is 0 Å². The topological polar surface area (TPSA) is 114 Å². The molecule has 4 bridgehead atoms. The summed E-state index contributed by atoms with van der Waals surface area (Å²) >= 11 is 0. The molecule has 3 aromatic rings. The molecule has 3 atom stereocenters. The highest BCUT2D eigenvalue weighted by Gasteiger charge is 2.43. The van der Waals surface area contributed by atoms with Crippen LogP contribution in [0.5, 0.6) is 11.5 Å². The Kier molecular flexibility index (Phi) is 8.77. The third-order valence-electron chi connectivity index (χ3n) is 9.41. The van der Waals surface area contributed by atoms with Crippen molar-refractivity contribution in [3.8, 4) is 11.5 Å². The van der Waals surface area contributed by atoms with Crippen LogP contribution in [0.25, 0.3) is 11.1 Å². The van der Waals surface area contributed by atoms with Crippen molar-refractivity contribution in [3.63, 3.8) is 0 Å². The van der Waals surface area contributed by atoms with Crippen molar-refractivity contribution in [2.24, 2.45) is 11.8 Å². The summed E-state index contributed by atoms with van der Waals surface area (Å²) in [5.74, 6) is 2.43. The molecule has 2 fully saturated rings. The number of fused-ring (bicyclic) bond motifs is 7. The van der Waals surface area contributed by atoms with E-state index in [1.165, 1.54) is 0 Å². The van der Waals surface area contributed by atoms with Crippen LogP contribution in [0, 0.1) is 18.8 Å². The van der Waals surface area contributed by atoms with E-state index in [2.05, 4.69) is 21.3 Å². The largest absolute Gasteiger partial charge is 0.493 e. The van der Waals surface area contributed by atoms with Crippen molar-refractivity contribution in [1.82, 2.24) is 20.1 Å². The lowest BCUT2D eigenvalue weighted by molar-refractivity contribution is -0.140. The lowest BCUT2D eigenvalue weighted by atomic mass is 9.77. The van der Waals surface area contributed by atoms with E-state index in [4.69, 9.17) is 13.9 Å². The summed E-state index contributed by atoms with van der Waals surface area (Å²) < 4.78 is 17.0. The number of amides is 3. The molecule has 3 amide bonds. The Labute approximate surface area is 258 Å². The first kappa shape index (κ1) is 30.0. The zero-order valence-electron chi connectivity index (χ0n) is 25.9. The van der Waals surface area contributed by atoms with Crippen LogP contribution in [0.2, 0.25) is 0 Å². The maximum Gasteiger partial charge on any atom is 0.254 e. The van der Waals surface area contributed by atoms with Gasteiger partial charge in [-0.3, -0.25) is 14.4 Å². The van der Waals surface area contributed by atoms with E-state index in [1.807, 2.05) is 23.1 Å². The van der Waals surface area contributed by atoms with Gasteiger partial charge in [-0.1, -0.05) is 6.07 Å².